The molecule has 0 amide bonds. The highest BCUT2D eigenvalue weighted by atomic mass is 16.4. The number of fused-ring (bicyclic) bond motifs is 1. The Morgan fingerprint density at radius 3 is 2.59 bits per heavy atom. The average molecular weight is 393 g/mol. The van der Waals surface area contributed by atoms with Gasteiger partial charge in [-0.15, -0.1) is 0 Å². The molecule has 1 unspecified atom stereocenters. The molecule has 155 valence electrons. The van der Waals surface area contributed by atoms with Crippen LogP contribution in [0, 0.1) is 5.41 Å². The van der Waals surface area contributed by atoms with Gasteiger partial charge in [0.2, 0.25) is 0 Å². The van der Waals surface area contributed by atoms with Crippen molar-refractivity contribution < 1.29 is 9.45 Å². The summed E-state index contributed by atoms with van der Waals surface area (Å²) < 4.78 is 6.00. The van der Waals surface area contributed by atoms with Crippen LogP contribution in [0.3, 0.4) is 0 Å². The largest absolute Gasteiger partial charge is 0.560 e. The molecule has 1 aromatic rings. The van der Waals surface area contributed by atoms with E-state index in [0.29, 0.717) is 12.1 Å². The predicted octanol–water partition coefficient (Wildman–Crippen LogP) is 4.72. The van der Waals surface area contributed by atoms with Crippen molar-refractivity contribution >= 4 is 18.8 Å². The molecule has 0 saturated carbocycles. The smallest absolute Gasteiger partial charge is 0.394 e. The number of ketones is 1. The Hall–Kier alpha value is -2.43. The molecule has 5 heteroatoms. The summed E-state index contributed by atoms with van der Waals surface area (Å²) in [5.41, 5.74) is 10.1. The van der Waals surface area contributed by atoms with E-state index in [2.05, 4.69) is 31.1 Å². The van der Waals surface area contributed by atoms with Crippen molar-refractivity contribution in [2.24, 2.45) is 11.1 Å². The predicted molar refractivity (Wildman–Crippen MR) is 123 cm³/mol. The molecule has 3 N–H and O–H groups in total. The standard InChI is InChI=1S/C24H34BN2O2/c1-16(9-7-12-21(28)24(4,5)6)20-11-8-10-19-15-22(25-29-23(19)20)27-18(3)14-13-17(2)26/h8,10-11,22,27H,1-3,7,9,12-15,26H2,4-6H3. The molecule has 0 saturated heterocycles. The molecule has 0 bridgehead atoms. The summed E-state index contributed by atoms with van der Waals surface area (Å²) in [7, 11) is 1.82. The van der Waals surface area contributed by atoms with Gasteiger partial charge in [0.05, 0.1) is 0 Å². The Balaban J connectivity index is 1.94. The molecular weight excluding hydrogens is 359 g/mol. The third-order valence-corrected chi connectivity index (χ3v) is 5.12. The zero-order chi connectivity index (χ0) is 21.6. The van der Waals surface area contributed by atoms with Crippen molar-refractivity contribution in [1.29, 1.82) is 0 Å². The molecule has 0 aromatic heterocycles. The van der Waals surface area contributed by atoms with Crippen molar-refractivity contribution in [2.45, 2.75) is 65.2 Å². The Morgan fingerprint density at radius 2 is 1.93 bits per heavy atom. The minimum absolute atomic E-state index is 0.0639. The number of rotatable bonds is 10. The molecule has 1 aromatic carbocycles. The molecule has 0 spiro atoms. The number of carbonyl (C=O) groups is 1. The summed E-state index contributed by atoms with van der Waals surface area (Å²) in [5.74, 6) is 1.23. The van der Waals surface area contributed by atoms with Crippen LogP contribution >= 0.6 is 0 Å². The second-order valence-electron chi connectivity index (χ2n) is 8.89. The molecule has 29 heavy (non-hydrogen) atoms. The third-order valence-electron chi connectivity index (χ3n) is 5.12. The minimum atomic E-state index is -0.283. The second-order valence-corrected chi connectivity index (χ2v) is 8.89. The van der Waals surface area contributed by atoms with Gasteiger partial charge in [-0.3, -0.25) is 4.79 Å². The van der Waals surface area contributed by atoms with Crippen LogP contribution in [0.2, 0.25) is 0 Å². The molecule has 1 heterocycles. The van der Waals surface area contributed by atoms with E-state index in [-0.39, 0.29) is 17.1 Å². The fourth-order valence-electron chi connectivity index (χ4n) is 3.30. The fraction of sp³-hybridized carbons (Fsp3) is 0.458. The Bertz CT molecular complexity index is 793. The third kappa shape index (κ3) is 6.84. The number of allylic oxidation sites excluding steroid dienone is 3. The number of para-hydroxylation sites is 1. The number of hydrogen-bond donors (Lipinski definition) is 2. The zero-order valence-electron chi connectivity index (χ0n) is 18.1. The zero-order valence-corrected chi connectivity index (χ0v) is 18.1. The summed E-state index contributed by atoms with van der Waals surface area (Å²) in [5, 5.41) is 3.39. The van der Waals surface area contributed by atoms with E-state index in [1.54, 1.807) is 0 Å². The van der Waals surface area contributed by atoms with Gasteiger partial charge in [-0.05, 0) is 43.2 Å². The van der Waals surface area contributed by atoms with Crippen molar-refractivity contribution in [3.8, 4) is 5.75 Å². The highest BCUT2D eigenvalue weighted by Crippen LogP contribution is 2.34. The van der Waals surface area contributed by atoms with Crippen molar-refractivity contribution in [3.63, 3.8) is 0 Å². The summed E-state index contributed by atoms with van der Waals surface area (Å²) >= 11 is 0. The van der Waals surface area contributed by atoms with Gasteiger partial charge in [0.25, 0.3) is 0 Å². The first-order valence-corrected chi connectivity index (χ1v) is 10.3. The lowest BCUT2D eigenvalue weighted by molar-refractivity contribution is -0.126. The first-order chi connectivity index (χ1) is 13.6. The average Bonchev–Trinajstić information content (AvgIpc) is 2.64. The SMILES string of the molecule is C=C(N)CCC(=C)NC1[B]Oc2c(cccc2C(=C)CCCC(=O)C(C)(C)C)C1. The highest BCUT2D eigenvalue weighted by Gasteiger charge is 2.25. The van der Waals surface area contributed by atoms with Crippen molar-refractivity contribution in [3.05, 3.63) is 60.5 Å². The van der Waals surface area contributed by atoms with Crippen LogP contribution in [0.4, 0.5) is 0 Å². The van der Waals surface area contributed by atoms with Crippen LogP contribution in [0.25, 0.3) is 5.57 Å². The van der Waals surface area contributed by atoms with Gasteiger partial charge >= 0.3 is 7.48 Å². The Labute approximate surface area is 176 Å². The van der Waals surface area contributed by atoms with Crippen LogP contribution in [0.15, 0.2) is 49.3 Å². The van der Waals surface area contributed by atoms with Crippen LogP contribution in [-0.2, 0) is 11.2 Å². The number of benzene rings is 1. The normalized spacial score (nSPS) is 15.5. The van der Waals surface area contributed by atoms with E-state index in [0.717, 1.165) is 60.3 Å². The molecule has 1 radical (unpaired) electrons. The Kier molecular flexibility index (Phi) is 7.77. The first kappa shape index (κ1) is 22.9. The van der Waals surface area contributed by atoms with Gasteiger partial charge in [-0.25, -0.2) is 0 Å². The highest BCUT2D eigenvalue weighted by molar-refractivity contribution is 6.31. The minimum Gasteiger partial charge on any atom is -0.560 e. The maximum absolute atomic E-state index is 12.1. The van der Waals surface area contributed by atoms with Gasteiger partial charge in [-0.2, -0.15) is 0 Å². The molecular formula is C24H34BN2O2. The van der Waals surface area contributed by atoms with Crippen LogP contribution in [0.1, 0.15) is 64.0 Å². The lowest BCUT2D eigenvalue weighted by Crippen LogP contribution is -2.41. The molecule has 2 rings (SSSR count). The maximum Gasteiger partial charge on any atom is 0.394 e. The summed E-state index contributed by atoms with van der Waals surface area (Å²) in [4.78, 5) is 12.1. The number of carbonyl (C=O) groups excluding carboxylic acids is 1. The van der Waals surface area contributed by atoms with Gasteiger partial charge in [-0.1, -0.05) is 58.7 Å². The number of Topliss-reactive ketones (excluding diaryl/α,β-unsaturated/α-hetero) is 1. The lowest BCUT2D eigenvalue weighted by Gasteiger charge is -2.28. The van der Waals surface area contributed by atoms with Gasteiger partial charge in [0.1, 0.15) is 11.5 Å². The lowest BCUT2D eigenvalue weighted by atomic mass is 9.78. The molecule has 1 aliphatic rings. The van der Waals surface area contributed by atoms with E-state index in [9.17, 15) is 4.79 Å². The van der Waals surface area contributed by atoms with E-state index < -0.39 is 0 Å². The van der Waals surface area contributed by atoms with Crippen LogP contribution in [0.5, 0.6) is 5.75 Å². The van der Waals surface area contributed by atoms with Crippen LogP contribution in [-0.4, -0.2) is 19.2 Å². The molecule has 4 nitrogen and oxygen atoms in total. The summed E-state index contributed by atoms with van der Waals surface area (Å²) in [6.45, 7) is 17.9. The van der Waals surface area contributed by atoms with Crippen molar-refractivity contribution in [2.75, 3.05) is 0 Å². The van der Waals surface area contributed by atoms with Gasteiger partial charge < -0.3 is 15.7 Å². The molecule has 1 atom stereocenters. The monoisotopic (exact) mass is 393 g/mol. The van der Waals surface area contributed by atoms with E-state index >= 15 is 0 Å². The van der Waals surface area contributed by atoms with E-state index in [1.165, 1.54) is 0 Å². The van der Waals surface area contributed by atoms with Gasteiger partial charge in [0, 0.05) is 34.7 Å². The molecule has 0 aliphatic carbocycles. The maximum atomic E-state index is 12.1. The second kappa shape index (κ2) is 9.86. The summed E-state index contributed by atoms with van der Waals surface area (Å²) in [6, 6.07) is 6.17. The van der Waals surface area contributed by atoms with Crippen LogP contribution < -0.4 is 15.7 Å². The quantitative estimate of drug-likeness (QED) is 0.565. The summed E-state index contributed by atoms with van der Waals surface area (Å²) in [6.07, 6.45) is 4.46. The first-order valence-electron chi connectivity index (χ1n) is 10.3. The van der Waals surface area contributed by atoms with Crippen molar-refractivity contribution in [1.82, 2.24) is 5.32 Å². The molecule has 0 fully saturated rings. The topological polar surface area (TPSA) is 64.3 Å². The number of nitrogens with two attached hydrogens (primary N) is 1. The number of nitrogens with one attached hydrogen (secondary N) is 1. The Morgan fingerprint density at radius 1 is 1.21 bits per heavy atom. The van der Waals surface area contributed by atoms with E-state index in [4.69, 9.17) is 10.4 Å². The molecule has 1 aliphatic heterocycles. The van der Waals surface area contributed by atoms with E-state index in [1.807, 2.05) is 40.4 Å². The number of hydrogen-bond acceptors (Lipinski definition) is 4. The fourth-order valence-corrected chi connectivity index (χ4v) is 3.30. The van der Waals surface area contributed by atoms with Gasteiger partial charge in [0.15, 0.2) is 0 Å².